The predicted octanol–water partition coefficient (Wildman–Crippen LogP) is 2.01. The summed E-state index contributed by atoms with van der Waals surface area (Å²) in [4.78, 5) is 17.2. The number of nitrogens with two attached hydrogens (primary N) is 1. The zero-order valence-corrected chi connectivity index (χ0v) is 17.8. The molecule has 1 aliphatic heterocycles. The van der Waals surface area contributed by atoms with Crippen LogP contribution in [-0.2, 0) is 0 Å². The van der Waals surface area contributed by atoms with E-state index in [1.165, 1.54) is 30.9 Å². The van der Waals surface area contributed by atoms with Crippen molar-refractivity contribution in [2.24, 2.45) is 10.8 Å². The summed E-state index contributed by atoms with van der Waals surface area (Å²) in [6.07, 6.45) is -2.63. The summed E-state index contributed by atoms with van der Waals surface area (Å²) in [5.74, 6) is -3.32. The lowest BCUT2D eigenvalue weighted by atomic mass is 9.88. The van der Waals surface area contributed by atoms with Crippen molar-refractivity contribution in [1.29, 1.82) is 0 Å². The third-order valence-electron chi connectivity index (χ3n) is 6.03. The molecule has 4 atom stereocenters. The molecule has 1 fully saturated rings. The van der Waals surface area contributed by atoms with E-state index in [1.54, 1.807) is 6.07 Å². The molecule has 1 saturated carbocycles. The van der Waals surface area contributed by atoms with Crippen molar-refractivity contribution in [2.75, 3.05) is 12.4 Å². The van der Waals surface area contributed by atoms with Gasteiger partial charge in [0.1, 0.15) is 17.4 Å². The van der Waals surface area contributed by atoms with Gasteiger partial charge < -0.3 is 16.4 Å². The normalized spacial score (nSPS) is 27.5. The lowest BCUT2D eigenvalue weighted by Gasteiger charge is -2.34. The van der Waals surface area contributed by atoms with Crippen LogP contribution in [0.4, 0.5) is 27.8 Å². The van der Waals surface area contributed by atoms with Gasteiger partial charge in [-0.3, -0.25) is 9.80 Å². The van der Waals surface area contributed by atoms with Gasteiger partial charge in [0.05, 0.1) is 12.2 Å². The largest absolute Gasteiger partial charge is 0.433 e. The second-order valence-corrected chi connectivity index (χ2v) is 8.40. The Kier molecular flexibility index (Phi) is 5.66. The minimum Gasteiger partial charge on any atom is -0.366 e. The van der Waals surface area contributed by atoms with Crippen molar-refractivity contribution in [2.45, 2.75) is 62.5 Å². The first kappa shape index (κ1) is 23.1. The van der Waals surface area contributed by atoms with Gasteiger partial charge >= 0.3 is 6.18 Å². The Balaban J connectivity index is 1.54. The molecule has 0 saturated heterocycles. The number of alkyl halides is 5. The quantitative estimate of drug-likeness (QED) is 0.585. The minimum atomic E-state index is -4.71. The van der Waals surface area contributed by atoms with Crippen LogP contribution in [0.5, 0.6) is 0 Å². The van der Waals surface area contributed by atoms with Gasteiger partial charge in [-0.05, 0) is 19.4 Å². The summed E-state index contributed by atoms with van der Waals surface area (Å²) in [6, 6.07) is -1.78. The minimum absolute atomic E-state index is 0.0404. The van der Waals surface area contributed by atoms with Gasteiger partial charge in [-0.2, -0.15) is 23.4 Å². The molecule has 4 rings (SSSR count). The fraction of sp³-hybridized carbons (Fsp3) is 0.579. The summed E-state index contributed by atoms with van der Waals surface area (Å²) >= 11 is 0. The molecule has 0 bridgehead atoms. The first-order chi connectivity index (χ1) is 15.4. The van der Waals surface area contributed by atoms with Crippen LogP contribution in [0.15, 0.2) is 23.6 Å². The zero-order chi connectivity index (χ0) is 24.1. The fourth-order valence-electron chi connectivity index (χ4n) is 4.06. The van der Waals surface area contributed by atoms with Gasteiger partial charge in [0.2, 0.25) is 5.92 Å². The number of anilines is 1. The van der Waals surface area contributed by atoms with E-state index in [1.807, 2.05) is 0 Å². The number of nitrogens with zero attached hydrogens (tertiary/aromatic N) is 5. The summed E-state index contributed by atoms with van der Waals surface area (Å²) in [6.45, 7) is 1.51. The first-order valence-electron chi connectivity index (χ1n) is 10.3. The molecule has 2 aliphatic rings. The second-order valence-electron chi connectivity index (χ2n) is 8.40. The van der Waals surface area contributed by atoms with Crippen LogP contribution < -0.4 is 16.4 Å². The Labute approximate surface area is 185 Å². The van der Waals surface area contributed by atoms with Crippen molar-refractivity contribution in [3.8, 4) is 0 Å². The fourth-order valence-corrected chi connectivity index (χ4v) is 4.06. The molecule has 0 radical (unpaired) electrons. The topological polar surface area (TPSA) is 113 Å². The lowest BCUT2D eigenvalue weighted by molar-refractivity contribution is -0.0611. The SMILES string of the molecule is CC1C(NC(=O)c2cnn3ccc(N[C@@H]4CCC(F)(F)C[C@@H]4N)nc23)C(C(F)(F)F)=NN1C. The molecule has 2 aromatic rings. The molecule has 14 heteroatoms. The van der Waals surface area contributed by atoms with Crippen LogP contribution in [0.1, 0.15) is 36.5 Å². The number of carbonyl (C=O) groups is 1. The van der Waals surface area contributed by atoms with E-state index in [2.05, 4.69) is 25.8 Å². The molecule has 9 nitrogen and oxygen atoms in total. The summed E-state index contributed by atoms with van der Waals surface area (Å²) in [5, 5.41) is 14.1. The number of halogens is 5. The van der Waals surface area contributed by atoms with E-state index in [0.717, 1.165) is 5.01 Å². The average Bonchev–Trinajstić information content (AvgIpc) is 3.25. The Morgan fingerprint density at radius 1 is 1.33 bits per heavy atom. The number of carbonyl (C=O) groups excluding carboxylic acids is 1. The number of hydrazone groups is 1. The highest BCUT2D eigenvalue weighted by molar-refractivity contribution is 6.04. The number of amides is 1. The molecular formula is C19H23F5N8O. The number of hydrogen-bond donors (Lipinski definition) is 3. The Morgan fingerprint density at radius 2 is 2.06 bits per heavy atom. The van der Waals surface area contributed by atoms with E-state index >= 15 is 0 Å². The molecule has 180 valence electrons. The predicted molar refractivity (Wildman–Crippen MR) is 109 cm³/mol. The highest BCUT2D eigenvalue weighted by atomic mass is 19.4. The number of likely N-dealkylation sites (N-methyl/N-ethyl adjacent to an activating group) is 1. The van der Waals surface area contributed by atoms with Crippen LogP contribution in [0.3, 0.4) is 0 Å². The van der Waals surface area contributed by atoms with Crippen LogP contribution in [0.2, 0.25) is 0 Å². The Hall–Kier alpha value is -3.03. The molecule has 1 amide bonds. The molecule has 0 spiro atoms. The standard InChI is InChI=1S/C19H23F5N8O/c1-9-14(15(19(22,23)24)30-31(9)2)29-17(33)10-8-26-32-6-4-13(28-16(10)32)27-12-3-5-18(20,21)7-11(12)25/h4,6,8-9,11-12,14H,3,5,7,25H2,1-2H3,(H,27,28)(H,29,33)/t9?,11-,12+,14?/m0/s1. The van der Waals surface area contributed by atoms with E-state index in [-0.39, 0.29) is 29.9 Å². The van der Waals surface area contributed by atoms with Gasteiger partial charge in [-0.25, -0.2) is 18.3 Å². The van der Waals surface area contributed by atoms with Gasteiger partial charge in [0.15, 0.2) is 11.4 Å². The van der Waals surface area contributed by atoms with E-state index in [9.17, 15) is 26.7 Å². The maximum absolute atomic E-state index is 13.5. The van der Waals surface area contributed by atoms with Gasteiger partial charge in [-0.15, -0.1) is 0 Å². The van der Waals surface area contributed by atoms with Crippen molar-refractivity contribution < 1.29 is 26.7 Å². The Bertz CT molecular complexity index is 1080. The Morgan fingerprint density at radius 3 is 2.73 bits per heavy atom. The van der Waals surface area contributed by atoms with Crippen molar-refractivity contribution in [3.63, 3.8) is 0 Å². The third-order valence-corrected chi connectivity index (χ3v) is 6.03. The zero-order valence-electron chi connectivity index (χ0n) is 17.8. The number of rotatable bonds is 4. The van der Waals surface area contributed by atoms with Crippen molar-refractivity contribution in [3.05, 3.63) is 24.0 Å². The monoisotopic (exact) mass is 474 g/mol. The van der Waals surface area contributed by atoms with Gasteiger partial charge in [-0.1, -0.05) is 0 Å². The number of hydrogen-bond acceptors (Lipinski definition) is 7. The average molecular weight is 474 g/mol. The van der Waals surface area contributed by atoms with Crippen molar-refractivity contribution >= 4 is 23.1 Å². The summed E-state index contributed by atoms with van der Waals surface area (Å²) < 4.78 is 68.4. The lowest BCUT2D eigenvalue weighted by Crippen LogP contribution is -2.51. The van der Waals surface area contributed by atoms with Gasteiger partial charge in [0.25, 0.3) is 5.91 Å². The summed E-state index contributed by atoms with van der Waals surface area (Å²) in [5.41, 5.74) is 4.84. The van der Waals surface area contributed by atoms with Crippen LogP contribution in [-0.4, -0.2) is 74.5 Å². The maximum Gasteiger partial charge on any atom is 0.433 e. The number of fused-ring (bicyclic) bond motifs is 1. The smallest absolute Gasteiger partial charge is 0.366 e. The van der Waals surface area contributed by atoms with Gasteiger partial charge in [0, 0.05) is 38.2 Å². The number of nitrogens with one attached hydrogen (secondary N) is 2. The molecule has 4 N–H and O–H groups in total. The van der Waals surface area contributed by atoms with Crippen LogP contribution >= 0.6 is 0 Å². The molecule has 1 aliphatic carbocycles. The maximum atomic E-state index is 13.5. The van der Waals surface area contributed by atoms with E-state index in [0.29, 0.717) is 0 Å². The first-order valence-corrected chi connectivity index (χ1v) is 10.3. The molecule has 2 unspecified atom stereocenters. The van der Waals surface area contributed by atoms with E-state index in [4.69, 9.17) is 5.73 Å². The number of aromatic nitrogens is 3. The molecule has 0 aromatic carbocycles. The highest BCUT2D eigenvalue weighted by Crippen LogP contribution is 2.33. The molecule has 33 heavy (non-hydrogen) atoms. The molecular weight excluding hydrogens is 451 g/mol. The molecule has 2 aromatic heterocycles. The third kappa shape index (κ3) is 4.56. The highest BCUT2D eigenvalue weighted by Gasteiger charge is 2.48. The molecule has 3 heterocycles. The van der Waals surface area contributed by atoms with Crippen LogP contribution in [0, 0.1) is 0 Å². The second kappa shape index (κ2) is 8.08. The summed E-state index contributed by atoms with van der Waals surface area (Å²) in [7, 11) is 1.39. The van der Waals surface area contributed by atoms with E-state index < -0.39 is 54.3 Å². The van der Waals surface area contributed by atoms with Crippen molar-refractivity contribution in [1.82, 2.24) is 24.9 Å². The van der Waals surface area contributed by atoms with Crippen LogP contribution in [0.25, 0.3) is 5.65 Å².